The highest BCUT2D eigenvalue weighted by Crippen LogP contribution is 2.50. The van der Waals surface area contributed by atoms with Crippen LogP contribution in [0.1, 0.15) is 120 Å². The van der Waals surface area contributed by atoms with Crippen LogP contribution in [0, 0.1) is 5.41 Å². The molecule has 6 aromatic carbocycles. The van der Waals surface area contributed by atoms with Gasteiger partial charge in [0, 0.05) is 5.92 Å². The number of nitrogens with one attached hydrogen (secondary N) is 1. The molecule has 3 unspecified atom stereocenters. The van der Waals surface area contributed by atoms with Crippen molar-refractivity contribution in [1.82, 2.24) is 5.32 Å². The van der Waals surface area contributed by atoms with Crippen molar-refractivity contribution in [3.05, 3.63) is 184 Å². The van der Waals surface area contributed by atoms with Crippen LogP contribution in [0.4, 0.5) is 4.79 Å². The Bertz CT molecular complexity index is 2920. The molecule has 1 heterocycles. The molecule has 14 heteroatoms. The summed E-state index contributed by atoms with van der Waals surface area (Å²) >= 11 is 0. The monoisotopic (exact) mass is 1050 g/mol. The number of rotatable bonds is 17. The van der Waals surface area contributed by atoms with Gasteiger partial charge in [-0.3, -0.25) is 14.2 Å². The molecule has 1 saturated heterocycles. The van der Waals surface area contributed by atoms with Crippen molar-refractivity contribution < 1.29 is 56.5 Å². The van der Waals surface area contributed by atoms with E-state index in [9.17, 15) is 19.0 Å². The maximum absolute atomic E-state index is 14.1. The van der Waals surface area contributed by atoms with Crippen LogP contribution in [0.5, 0.6) is 17.2 Å². The van der Waals surface area contributed by atoms with Gasteiger partial charge in [-0.15, -0.1) is 0 Å². The molecule has 13 nitrogen and oxygen atoms in total. The van der Waals surface area contributed by atoms with E-state index in [-0.39, 0.29) is 42.3 Å². The molecule has 6 aromatic rings. The fourth-order valence-corrected chi connectivity index (χ4v) is 10.8. The lowest BCUT2D eigenvalue weighted by atomic mass is 9.80. The standard InChI is InChI=1S/C62H72NO12P/c1-39-55(63-58(65)71-37-53-51-34-44(59(2,3)4)24-32-49(51)50-33-25-45(35-52(50)53)60(5,6)7)56(54(73-39)38-70-57(64)61(8,9)10)75-76(66,67)74-48-26-18-40(19-27-48)36-72-62(41-16-14-13-15-17-41,42-20-28-46(68-11)29-21-42)43-22-30-47(69-12)31-23-43/h13-35,39,53-56H,36-38H2,1-12H3,(H,63,65)(H,66,67)/t39-,54+,55?,56?/m0/s1. The first-order valence-corrected chi connectivity index (χ1v) is 27.2. The molecule has 2 aliphatic rings. The zero-order chi connectivity index (χ0) is 54.8. The van der Waals surface area contributed by atoms with E-state index in [0.29, 0.717) is 11.5 Å². The molecule has 0 aromatic heterocycles. The summed E-state index contributed by atoms with van der Waals surface area (Å²) in [6, 6.07) is 44.0. The summed E-state index contributed by atoms with van der Waals surface area (Å²) in [7, 11) is -1.75. The van der Waals surface area contributed by atoms with Crippen LogP contribution in [0.15, 0.2) is 140 Å². The van der Waals surface area contributed by atoms with E-state index >= 15 is 0 Å². The Morgan fingerprint density at radius 1 is 0.618 bits per heavy atom. The third kappa shape index (κ3) is 12.4. The van der Waals surface area contributed by atoms with Crippen molar-refractivity contribution in [2.45, 2.75) is 123 Å². The van der Waals surface area contributed by atoms with E-state index in [2.05, 4.69) is 83.3 Å². The molecule has 402 valence electrons. The summed E-state index contributed by atoms with van der Waals surface area (Å²) in [6.07, 6.45) is -3.95. The molecule has 5 atom stereocenters. The van der Waals surface area contributed by atoms with Crippen molar-refractivity contribution in [3.63, 3.8) is 0 Å². The van der Waals surface area contributed by atoms with Gasteiger partial charge in [-0.2, -0.15) is 0 Å². The second kappa shape index (κ2) is 22.2. The smallest absolute Gasteiger partial charge is 0.497 e. The van der Waals surface area contributed by atoms with Gasteiger partial charge < -0.3 is 38.3 Å². The largest absolute Gasteiger partial charge is 0.527 e. The molecular formula is C62H72NO12P. The van der Waals surface area contributed by atoms with Gasteiger partial charge in [-0.1, -0.05) is 145 Å². The van der Waals surface area contributed by atoms with E-state index in [1.54, 1.807) is 66.2 Å². The SMILES string of the molecule is COc1ccc(C(OCc2ccc(OP(=O)(O)OC3C(NC(=O)OCC4c5cc(C(C)(C)C)ccc5-c5ccc(C(C)(C)C)cc54)[C@H](C)O[C@@H]3COC(=O)C(C)(C)C)cc2)(c2ccccc2)c2ccc(OC)cc2)cc1. The predicted octanol–water partition coefficient (Wildman–Crippen LogP) is 13.0. The Kier molecular flexibility index (Phi) is 16.3. The number of ether oxygens (including phenoxy) is 6. The minimum atomic E-state index is -4.99. The van der Waals surface area contributed by atoms with E-state index in [4.69, 9.17) is 37.5 Å². The van der Waals surface area contributed by atoms with Crippen LogP contribution in [0.25, 0.3) is 11.1 Å². The summed E-state index contributed by atoms with van der Waals surface area (Å²) in [5, 5.41) is 2.87. The molecule has 0 spiro atoms. The second-order valence-electron chi connectivity index (χ2n) is 22.7. The predicted molar refractivity (Wildman–Crippen MR) is 293 cm³/mol. The molecule has 8 rings (SSSR count). The summed E-state index contributed by atoms with van der Waals surface area (Å²) in [6.45, 7) is 19.7. The molecule has 0 saturated carbocycles. The lowest BCUT2D eigenvalue weighted by Crippen LogP contribution is -2.49. The summed E-state index contributed by atoms with van der Waals surface area (Å²) in [5.74, 6) is 0.653. The Hall–Kier alpha value is -6.47. The number of carbonyl (C=O) groups is 2. The molecule has 0 bridgehead atoms. The molecule has 1 aliphatic carbocycles. The van der Waals surface area contributed by atoms with Crippen LogP contribution in [0.3, 0.4) is 0 Å². The van der Waals surface area contributed by atoms with Crippen LogP contribution < -0.4 is 19.3 Å². The minimum Gasteiger partial charge on any atom is -0.497 e. The van der Waals surface area contributed by atoms with Gasteiger partial charge >= 0.3 is 19.9 Å². The maximum Gasteiger partial charge on any atom is 0.527 e. The first kappa shape index (κ1) is 55.8. The highest BCUT2D eigenvalue weighted by molar-refractivity contribution is 7.47. The molecular weight excluding hydrogens is 982 g/mol. The number of carbonyl (C=O) groups excluding carboxylic acids is 2. The fourth-order valence-electron chi connectivity index (χ4n) is 9.81. The third-order valence-electron chi connectivity index (χ3n) is 14.2. The van der Waals surface area contributed by atoms with Crippen molar-refractivity contribution in [2.24, 2.45) is 5.41 Å². The first-order valence-electron chi connectivity index (χ1n) is 25.7. The van der Waals surface area contributed by atoms with Gasteiger partial charge in [0.25, 0.3) is 0 Å². The number of fused-ring (bicyclic) bond motifs is 3. The lowest BCUT2D eigenvalue weighted by molar-refractivity contribution is -0.158. The van der Waals surface area contributed by atoms with E-state index < -0.39 is 55.3 Å². The highest BCUT2D eigenvalue weighted by atomic mass is 31.2. The van der Waals surface area contributed by atoms with Crippen LogP contribution in [-0.4, -0.2) is 68.7 Å². The Balaban J connectivity index is 1.01. The Morgan fingerprint density at radius 2 is 1.11 bits per heavy atom. The first-order chi connectivity index (χ1) is 35.9. The van der Waals surface area contributed by atoms with Crippen LogP contribution in [0.2, 0.25) is 0 Å². The summed E-state index contributed by atoms with van der Waals surface area (Å²) < 4.78 is 61.7. The number of phosphoric ester groups is 1. The van der Waals surface area contributed by atoms with Gasteiger partial charge in [0.15, 0.2) is 0 Å². The van der Waals surface area contributed by atoms with Crippen LogP contribution in [-0.2, 0) is 55.9 Å². The number of benzene rings is 6. The van der Waals surface area contributed by atoms with Gasteiger partial charge in [-0.25, -0.2) is 9.36 Å². The van der Waals surface area contributed by atoms with E-state index in [0.717, 1.165) is 55.6 Å². The number of alkyl carbamates (subject to hydrolysis) is 1. The molecule has 1 amide bonds. The number of hydrogen-bond donors (Lipinski definition) is 2. The van der Waals surface area contributed by atoms with Gasteiger partial charge in [-0.05, 0) is 131 Å². The minimum absolute atomic E-state index is 0.0198. The normalized spacial score (nSPS) is 18.5. The Labute approximate surface area is 447 Å². The average Bonchev–Trinajstić information content (AvgIpc) is 3.85. The van der Waals surface area contributed by atoms with Gasteiger partial charge in [0.2, 0.25) is 0 Å². The maximum atomic E-state index is 14.1. The Morgan fingerprint density at radius 3 is 1.59 bits per heavy atom. The third-order valence-corrected chi connectivity index (χ3v) is 15.1. The highest BCUT2D eigenvalue weighted by Gasteiger charge is 2.49. The number of amides is 1. The number of phosphoric acid groups is 1. The molecule has 1 aliphatic heterocycles. The molecule has 1 fully saturated rings. The van der Waals surface area contributed by atoms with Crippen molar-refractivity contribution >= 4 is 19.9 Å². The summed E-state index contributed by atoms with van der Waals surface area (Å²) in [4.78, 5) is 38.5. The van der Waals surface area contributed by atoms with Crippen molar-refractivity contribution in [1.29, 1.82) is 0 Å². The van der Waals surface area contributed by atoms with Gasteiger partial charge in [0.1, 0.15) is 48.3 Å². The van der Waals surface area contributed by atoms with Crippen LogP contribution >= 0.6 is 7.82 Å². The average molecular weight is 1050 g/mol. The molecule has 2 N–H and O–H groups in total. The fraction of sp³-hybridized carbons (Fsp3) is 0.387. The number of methoxy groups -OCH3 is 2. The number of hydrogen-bond acceptors (Lipinski definition) is 11. The van der Waals surface area contributed by atoms with E-state index in [1.165, 1.54) is 0 Å². The van der Waals surface area contributed by atoms with Gasteiger partial charge in [0.05, 0.1) is 38.4 Å². The molecule has 76 heavy (non-hydrogen) atoms. The molecule has 0 radical (unpaired) electrons. The quantitative estimate of drug-likeness (QED) is 0.0507. The van der Waals surface area contributed by atoms with Crippen molar-refractivity contribution in [2.75, 3.05) is 27.4 Å². The van der Waals surface area contributed by atoms with Crippen molar-refractivity contribution in [3.8, 4) is 28.4 Å². The number of esters is 1. The second-order valence-corrected chi connectivity index (χ2v) is 24.1. The van der Waals surface area contributed by atoms with E-state index in [1.807, 2.05) is 78.9 Å². The zero-order valence-electron chi connectivity index (χ0n) is 45.7. The summed E-state index contributed by atoms with van der Waals surface area (Å²) in [5.41, 5.74) is 7.84. The topological polar surface area (TPSA) is 157 Å². The zero-order valence-corrected chi connectivity index (χ0v) is 46.6. The lowest BCUT2D eigenvalue weighted by Gasteiger charge is -2.36.